The Bertz CT molecular complexity index is 593. The third kappa shape index (κ3) is 7.35. The molecule has 0 radical (unpaired) electrons. The van der Waals surface area contributed by atoms with Gasteiger partial charge in [-0.25, -0.2) is 0 Å². The molecule has 0 amide bonds. The first kappa shape index (κ1) is 25.3. The van der Waals surface area contributed by atoms with E-state index in [1.54, 1.807) is 0 Å². The first-order valence-electron chi connectivity index (χ1n) is 14.2. The van der Waals surface area contributed by atoms with Gasteiger partial charge in [0.1, 0.15) is 6.29 Å². The fourth-order valence-corrected chi connectivity index (χ4v) is 6.51. The number of nitrogens with one attached hydrogen (secondary N) is 3. The summed E-state index contributed by atoms with van der Waals surface area (Å²) in [5, 5.41) is 11.3. The molecule has 5 aliphatic rings. The molecule has 4 heterocycles. The van der Waals surface area contributed by atoms with Crippen molar-refractivity contribution >= 4 is 0 Å². The molecule has 8 nitrogen and oxygen atoms in total. The van der Waals surface area contributed by atoms with Crippen molar-refractivity contribution in [2.24, 2.45) is 5.92 Å². The highest BCUT2D eigenvalue weighted by Crippen LogP contribution is 2.29. The van der Waals surface area contributed by atoms with E-state index in [0.717, 1.165) is 97.5 Å². The summed E-state index contributed by atoms with van der Waals surface area (Å²) in [6.45, 7) is 8.59. The summed E-state index contributed by atoms with van der Waals surface area (Å²) in [5.74, 6) is 0.457. The highest BCUT2D eigenvalue weighted by atomic mass is 16.5. The lowest BCUT2D eigenvalue weighted by Gasteiger charge is -2.41. The maximum atomic E-state index is 6.46. The molecule has 0 aromatic carbocycles. The molecule has 3 N–H and O–H groups in total. The van der Waals surface area contributed by atoms with E-state index in [9.17, 15) is 0 Å². The number of hydrogen-bond acceptors (Lipinski definition) is 8. The molecular weight excluding hydrogens is 432 g/mol. The zero-order valence-corrected chi connectivity index (χ0v) is 21.1. The van der Waals surface area contributed by atoms with Gasteiger partial charge in [-0.1, -0.05) is 0 Å². The summed E-state index contributed by atoms with van der Waals surface area (Å²) in [7, 11) is 0. The first-order valence-corrected chi connectivity index (χ1v) is 14.2. The Morgan fingerprint density at radius 3 is 2.59 bits per heavy atom. The fourth-order valence-electron chi connectivity index (χ4n) is 6.51. The summed E-state index contributed by atoms with van der Waals surface area (Å²) >= 11 is 0. The van der Waals surface area contributed by atoms with Crippen LogP contribution in [0.5, 0.6) is 0 Å². The minimum Gasteiger partial charge on any atom is -0.381 e. The Labute approximate surface area is 206 Å². The second-order valence-corrected chi connectivity index (χ2v) is 11.1. The van der Waals surface area contributed by atoms with E-state index >= 15 is 0 Å². The van der Waals surface area contributed by atoms with Gasteiger partial charge in [0.05, 0.1) is 38.1 Å². The Morgan fingerprint density at radius 2 is 1.71 bits per heavy atom. The van der Waals surface area contributed by atoms with E-state index in [4.69, 9.17) is 18.9 Å². The summed E-state index contributed by atoms with van der Waals surface area (Å²) in [6, 6.07) is 0.896. The van der Waals surface area contributed by atoms with Crippen molar-refractivity contribution in [2.75, 3.05) is 59.2 Å². The Kier molecular flexibility index (Phi) is 9.90. The molecule has 0 aromatic rings. The highest BCUT2D eigenvalue weighted by Gasteiger charge is 2.37. The molecule has 0 spiro atoms. The molecule has 5 rings (SSSR count). The molecule has 8 heteroatoms. The van der Waals surface area contributed by atoms with Crippen LogP contribution in [0, 0.1) is 5.92 Å². The normalized spacial score (nSPS) is 41.1. The van der Waals surface area contributed by atoms with Crippen LogP contribution in [0.3, 0.4) is 0 Å². The molecule has 1 aliphatic carbocycles. The topological polar surface area (TPSA) is 76.3 Å². The molecule has 196 valence electrons. The van der Waals surface area contributed by atoms with Crippen LogP contribution in [-0.4, -0.2) is 101 Å². The first-order chi connectivity index (χ1) is 16.8. The van der Waals surface area contributed by atoms with Crippen LogP contribution in [0.15, 0.2) is 0 Å². The van der Waals surface area contributed by atoms with E-state index in [1.807, 2.05) is 0 Å². The summed E-state index contributed by atoms with van der Waals surface area (Å²) in [6.07, 6.45) is 12.6. The average molecular weight is 481 g/mol. The third-order valence-electron chi connectivity index (χ3n) is 8.49. The second-order valence-electron chi connectivity index (χ2n) is 11.1. The molecule has 1 saturated carbocycles. The van der Waals surface area contributed by atoms with Crippen molar-refractivity contribution in [1.82, 2.24) is 20.9 Å². The predicted molar refractivity (Wildman–Crippen MR) is 132 cm³/mol. The lowest BCUT2D eigenvalue weighted by Crippen LogP contribution is -2.65. The molecule has 34 heavy (non-hydrogen) atoms. The minimum absolute atomic E-state index is 0.149. The SMILES string of the molecule is C1CCOCC2CC(CCC2OCCN2CCCC2)NC2NCCC(N2)C2CCC(COC1)O2. The Morgan fingerprint density at radius 1 is 0.853 bits per heavy atom. The van der Waals surface area contributed by atoms with E-state index in [1.165, 1.54) is 25.9 Å². The number of hydrogen-bond donors (Lipinski definition) is 3. The van der Waals surface area contributed by atoms with Crippen molar-refractivity contribution in [2.45, 2.75) is 101 Å². The van der Waals surface area contributed by atoms with Gasteiger partial charge in [0.25, 0.3) is 0 Å². The van der Waals surface area contributed by atoms with Gasteiger partial charge in [0, 0.05) is 37.8 Å². The molecular formula is C26H48N4O4. The zero-order chi connectivity index (χ0) is 23.0. The quantitative estimate of drug-likeness (QED) is 0.563. The van der Waals surface area contributed by atoms with Crippen LogP contribution in [0.4, 0.5) is 0 Å². The lowest BCUT2D eigenvalue weighted by atomic mass is 9.83. The lowest BCUT2D eigenvalue weighted by molar-refractivity contribution is -0.0580. The van der Waals surface area contributed by atoms with Gasteiger partial charge in [-0.15, -0.1) is 0 Å². The van der Waals surface area contributed by atoms with Crippen molar-refractivity contribution in [3.8, 4) is 0 Å². The maximum absolute atomic E-state index is 6.46. The Balaban J connectivity index is 1.15. The van der Waals surface area contributed by atoms with E-state index in [-0.39, 0.29) is 12.4 Å². The van der Waals surface area contributed by atoms with Gasteiger partial charge in [0.2, 0.25) is 0 Å². The monoisotopic (exact) mass is 480 g/mol. The highest BCUT2D eigenvalue weighted by molar-refractivity contribution is 4.91. The molecule has 4 aliphatic heterocycles. The summed E-state index contributed by atoms with van der Waals surface area (Å²) in [5.41, 5.74) is 0. The van der Waals surface area contributed by atoms with Crippen molar-refractivity contribution < 1.29 is 18.9 Å². The predicted octanol–water partition coefficient (Wildman–Crippen LogP) is 1.84. The fraction of sp³-hybridized carbons (Fsp3) is 1.00. The van der Waals surface area contributed by atoms with Crippen LogP contribution >= 0.6 is 0 Å². The molecule has 4 saturated heterocycles. The maximum Gasteiger partial charge on any atom is 0.112 e. The number of rotatable bonds is 4. The van der Waals surface area contributed by atoms with Gasteiger partial charge < -0.3 is 23.8 Å². The van der Waals surface area contributed by atoms with Gasteiger partial charge >= 0.3 is 0 Å². The largest absolute Gasteiger partial charge is 0.381 e. The van der Waals surface area contributed by atoms with E-state index < -0.39 is 0 Å². The molecule has 7 atom stereocenters. The van der Waals surface area contributed by atoms with E-state index in [0.29, 0.717) is 30.2 Å². The Hall–Kier alpha value is -0.320. The minimum atomic E-state index is 0.149. The van der Waals surface area contributed by atoms with Gasteiger partial charge in [-0.2, -0.15) is 0 Å². The number of nitrogens with zero attached hydrogens (tertiary/aromatic N) is 1. The molecule has 7 unspecified atom stereocenters. The van der Waals surface area contributed by atoms with Crippen LogP contribution in [0.2, 0.25) is 0 Å². The van der Waals surface area contributed by atoms with Crippen LogP contribution < -0.4 is 16.0 Å². The molecule has 6 bridgehead atoms. The van der Waals surface area contributed by atoms with Gasteiger partial charge in [0.15, 0.2) is 0 Å². The van der Waals surface area contributed by atoms with Crippen molar-refractivity contribution in [1.29, 1.82) is 0 Å². The average Bonchev–Trinajstić information content (AvgIpc) is 3.54. The van der Waals surface area contributed by atoms with Crippen LogP contribution in [-0.2, 0) is 18.9 Å². The van der Waals surface area contributed by atoms with Crippen molar-refractivity contribution in [3.63, 3.8) is 0 Å². The summed E-state index contributed by atoms with van der Waals surface area (Å²) in [4.78, 5) is 2.54. The summed E-state index contributed by atoms with van der Waals surface area (Å²) < 4.78 is 24.9. The van der Waals surface area contributed by atoms with Crippen LogP contribution in [0.25, 0.3) is 0 Å². The molecule has 0 aromatic heterocycles. The van der Waals surface area contributed by atoms with Gasteiger partial charge in [-0.05, 0) is 83.8 Å². The number of ether oxygens (including phenoxy) is 4. The number of fused-ring (bicyclic) bond motifs is 7. The zero-order valence-electron chi connectivity index (χ0n) is 21.1. The van der Waals surface area contributed by atoms with Crippen molar-refractivity contribution in [3.05, 3.63) is 0 Å². The van der Waals surface area contributed by atoms with E-state index in [2.05, 4.69) is 20.9 Å². The van der Waals surface area contributed by atoms with Crippen LogP contribution in [0.1, 0.15) is 64.2 Å². The molecule has 5 fully saturated rings. The smallest absolute Gasteiger partial charge is 0.112 e. The standard InChI is InChI=1S/C26H48N4O4/c1-2-12-30(11-1)13-16-33-24-7-5-21-17-20(24)18-31-14-3-4-15-32-19-22-6-8-25(34-22)23-9-10-27-26(28-21)29-23/h20-29H,1-19H2. The van der Waals surface area contributed by atoms with Gasteiger partial charge in [-0.3, -0.25) is 16.0 Å². The third-order valence-corrected chi connectivity index (χ3v) is 8.49. The number of likely N-dealkylation sites (tertiary alicyclic amines) is 1. The second kappa shape index (κ2) is 13.3.